The Morgan fingerprint density at radius 2 is 2.09 bits per heavy atom. The lowest BCUT2D eigenvalue weighted by molar-refractivity contribution is -0.122. The number of nitrogens with zero attached hydrogens (tertiary/aromatic N) is 3. The lowest BCUT2D eigenvalue weighted by atomic mass is 10.4. The third-order valence-corrected chi connectivity index (χ3v) is 3.68. The predicted octanol–water partition coefficient (Wildman–Crippen LogP) is 1.18. The average Bonchev–Trinajstić information content (AvgIpc) is 3.24. The maximum Gasteiger partial charge on any atom is 0.223 e. The number of carbonyl (C=O) groups excluding carboxylic acids is 1. The highest BCUT2D eigenvalue weighted by Gasteiger charge is 2.28. The smallest absolute Gasteiger partial charge is 0.223 e. The second-order valence-electron chi connectivity index (χ2n) is 5.51. The van der Waals surface area contributed by atoms with Gasteiger partial charge in [0.1, 0.15) is 0 Å². The molecule has 1 heterocycles. The minimum absolute atomic E-state index is 0. The van der Waals surface area contributed by atoms with Crippen LogP contribution in [0.2, 0.25) is 0 Å². The number of hydrogen-bond donors (Lipinski definition) is 2. The van der Waals surface area contributed by atoms with Crippen LogP contribution in [0.25, 0.3) is 0 Å². The molecule has 0 aromatic carbocycles. The standard InChI is InChI=1S/C15H25N5O.HI/c1-16-15(18-9-8-17-14(21)12-6-7-12)20(3)11-13-5-4-10-19(13)2;/h4-5,10,12H,6-9,11H2,1-3H3,(H,16,18)(H,17,21);1H. The molecule has 1 aromatic rings. The van der Waals surface area contributed by atoms with E-state index in [0.29, 0.717) is 13.1 Å². The van der Waals surface area contributed by atoms with E-state index in [1.807, 2.05) is 26.4 Å². The fourth-order valence-electron chi connectivity index (χ4n) is 2.21. The third-order valence-electron chi connectivity index (χ3n) is 3.68. The number of aliphatic imine (C=N–C) groups is 1. The molecular formula is C15H26IN5O. The molecule has 2 N–H and O–H groups in total. The highest BCUT2D eigenvalue weighted by Crippen LogP contribution is 2.28. The first-order valence-electron chi connectivity index (χ1n) is 7.41. The Labute approximate surface area is 149 Å². The molecule has 0 radical (unpaired) electrons. The highest BCUT2D eigenvalue weighted by molar-refractivity contribution is 14.0. The van der Waals surface area contributed by atoms with E-state index in [4.69, 9.17) is 0 Å². The monoisotopic (exact) mass is 419 g/mol. The lowest BCUT2D eigenvalue weighted by Gasteiger charge is -2.22. The summed E-state index contributed by atoms with van der Waals surface area (Å²) in [6.07, 6.45) is 4.12. The number of halogens is 1. The third kappa shape index (κ3) is 5.51. The zero-order valence-electron chi connectivity index (χ0n) is 13.5. The van der Waals surface area contributed by atoms with Gasteiger partial charge >= 0.3 is 0 Å². The maximum absolute atomic E-state index is 11.5. The molecule has 124 valence electrons. The summed E-state index contributed by atoms with van der Waals surface area (Å²) in [7, 11) is 5.81. The van der Waals surface area contributed by atoms with E-state index in [1.54, 1.807) is 7.05 Å². The molecule has 0 bridgehead atoms. The molecule has 6 nitrogen and oxygen atoms in total. The van der Waals surface area contributed by atoms with Gasteiger partial charge in [-0.25, -0.2) is 0 Å². The number of rotatable bonds is 6. The molecule has 1 aliphatic carbocycles. The van der Waals surface area contributed by atoms with Crippen LogP contribution >= 0.6 is 24.0 Å². The van der Waals surface area contributed by atoms with Gasteiger partial charge in [-0.2, -0.15) is 0 Å². The van der Waals surface area contributed by atoms with Crippen molar-refractivity contribution in [3.63, 3.8) is 0 Å². The predicted molar refractivity (Wildman–Crippen MR) is 99.4 cm³/mol. The topological polar surface area (TPSA) is 61.7 Å². The van der Waals surface area contributed by atoms with Gasteiger partial charge in [-0.3, -0.25) is 9.79 Å². The quantitative estimate of drug-likeness (QED) is 0.315. The first-order valence-corrected chi connectivity index (χ1v) is 7.41. The van der Waals surface area contributed by atoms with Gasteiger partial charge in [0.25, 0.3) is 0 Å². The van der Waals surface area contributed by atoms with Crippen molar-refractivity contribution in [2.24, 2.45) is 18.0 Å². The molecule has 0 spiro atoms. The minimum Gasteiger partial charge on any atom is -0.354 e. The fraction of sp³-hybridized carbons (Fsp3) is 0.600. The lowest BCUT2D eigenvalue weighted by Crippen LogP contribution is -2.42. The fourth-order valence-corrected chi connectivity index (χ4v) is 2.21. The van der Waals surface area contributed by atoms with E-state index >= 15 is 0 Å². The van der Waals surface area contributed by atoms with Crippen LogP contribution in [-0.4, -0.2) is 48.5 Å². The summed E-state index contributed by atoms with van der Waals surface area (Å²) in [6, 6.07) is 4.13. The van der Waals surface area contributed by atoms with Crippen LogP contribution in [0.5, 0.6) is 0 Å². The van der Waals surface area contributed by atoms with Crippen LogP contribution in [-0.2, 0) is 18.4 Å². The molecule has 1 fully saturated rings. The molecule has 0 atom stereocenters. The summed E-state index contributed by atoms with van der Waals surface area (Å²) in [6.45, 7) is 2.10. The molecule has 1 aromatic heterocycles. The van der Waals surface area contributed by atoms with Gasteiger partial charge in [-0.05, 0) is 25.0 Å². The van der Waals surface area contributed by atoms with Crippen LogP contribution in [0.3, 0.4) is 0 Å². The summed E-state index contributed by atoms with van der Waals surface area (Å²) in [5.74, 6) is 1.28. The Bertz CT molecular complexity index is 510. The zero-order valence-corrected chi connectivity index (χ0v) is 15.8. The van der Waals surface area contributed by atoms with Crippen molar-refractivity contribution in [2.45, 2.75) is 19.4 Å². The van der Waals surface area contributed by atoms with Crippen molar-refractivity contribution in [1.82, 2.24) is 20.1 Å². The van der Waals surface area contributed by atoms with Gasteiger partial charge in [0.05, 0.1) is 6.54 Å². The van der Waals surface area contributed by atoms with Gasteiger partial charge in [-0.15, -0.1) is 24.0 Å². The van der Waals surface area contributed by atoms with Crippen molar-refractivity contribution in [3.05, 3.63) is 24.0 Å². The molecule has 1 saturated carbocycles. The van der Waals surface area contributed by atoms with E-state index in [0.717, 1.165) is 25.3 Å². The zero-order chi connectivity index (χ0) is 15.2. The van der Waals surface area contributed by atoms with Gasteiger partial charge < -0.3 is 20.1 Å². The van der Waals surface area contributed by atoms with E-state index in [-0.39, 0.29) is 35.8 Å². The van der Waals surface area contributed by atoms with Gasteiger partial charge in [-0.1, -0.05) is 0 Å². The number of guanidine groups is 1. The summed E-state index contributed by atoms with van der Waals surface area (Å²) in [4.78, 5) is 17.9. The molecule has 0 unspecified atom stereocenters. The second-order valence-corrected chi connectivity index (χ2v) is 5.51. The Balaban J connectivity index is 0.00000242. The van der Waals surface area contributed by atoms with Crippen molar-refractivity contribution in [2.75, 3.05) is 27.2 Å². The van der Waals surface area contributed by atoms with Crippen molar-refractivity contribution < 1.29 is 4.79 Å². The number of nitrogens with one attached hydrogen (secondary N) is 2. The number of amides is 1. The largest absolute Gasteiger partial charge is 0.354 e. The summed E-state index contributed by atoms with van der Waals surface area (Å²) < 4.78 is 2.10. The minimum atomic E-state index is 0. The maximum atomic E-state index is 11.5. The Kier molecular flexibility index (Phi) is 7.70. The van der Waals surface area contributed by atoms with E-state index < -0.39 is 0 Å². The normalized spacial score (nSPS) is 14.2. The van der Waals surface area contributed by atoms with Gasteiger partial charge in [0, 0.05) is 52.0 Å². The first-order chi connectivity index (χ1) is 10.1. The van der Waals surface area contributed by atoms with Crippen molar-refractivity contribution in [1.29, 1.82) is 0 Å². The SMILES string of the molecule is CN=C(NCCNC(=O)C1CC1)N(C)Cc1cccn1C.I. The van der Waals surface area contributed by atoms with Crippen LogP contribution in [0.15, 0.2) is 23.3 Å². The molecule has 2 rings (SSSR count). The van der Waals surface area contributed by atoms with Gasteiger partial charge in [0.2, 0.25) is 5.91 Å². The summed E-state index contributed by atoms with van der Waals surface area (Å²) in [5, 5.41) is 6.21. The van der Waals surface area contributed by atoms with E-state index in [9.17, 15) is 4.79 Å². The summed E-state index contributed by atoms with van der Waals surface area (Å²) in [5.41, 5.74) is 1.22. The number of hydrogen-bond acceptors (Lipinski definition) is 2. The molecule has 22 heavy (non-hydrogen) atoms. The Morgan fingerprint density at radius 3 is 2.64 bits per heavy atom. The van der Waals surface area contributed by atoms with Crippen molar-refractivity contribution in [3.8, 4) is 0 Å². The molecule has 0 aliphatic heterocycles. The molecule has 7 heteroatoms. The van der Waals surface area contributed by atoms with Gasteiger partial charge in [0.15, 0.2) is 5.96 Å². The number of aryl methyl sites for hydroxylation is 1. The number of carbonyl (C=O) groups is 1. The first kappa shape index (κ1) is 18.8. The van der Waals surface area contributed by atoms with E-state index in [1.165, 1.54) is 5.69 Å². The Hall–Kier alpha value is -1.25. The highest BCUT2D eigenvalue weighted by atomic mass is 127. The summed E-state index contributed by atoms with van der Waals surface area (Å²) >= 11 is 0. The Morgan fingerprint density at radius 1 is 1.41 bits per heavy atom. The van der Waals surface area contributed by atoms with E-state index in [2.05, 4.69) is 31.2 Å². The average molecular weight is 419 g/mol. The molecule has 0 saturated heterocycles. The van der Waals surface area contributed by atoms with Crippen LogP contribution in [0, 0.1) is 5.92 Å². The van der Waals surface area contributed by atoms with Crippen LogP contribution < -0.4 is 10.6 Å². The molecule has 1 amide bonds. The molecular weight excluding hydrogens is 393 g/mol. The molecule has 1 aliphatic rings. The van der Waals surface area contributed by atoms with Crippen molar-refractivity contribution >= 4 is 35.8 Å². The second kappa shape index (κ2) is 9.02. The van der Waals surface area contributed by atoms with Crippen LogP contribution in [0.4, 0.5) is 0 Å². The van der Waals surface area contributed by atoms with Crippen LogP contribution in [0.1, 0.15) is 18.5 Å². The number of aromatic nitrogens is 1.